The molecule has 0 aliphatic carbocycles. The van der Waals surface area contributed by atoms with Crippen LogP contribution in [-0.2, 0) is 40.1 Å². The van der Waals surface area contributed by atoms with E-state index in [1.54, 1.807) is 4.70 Å². The van der Waals surface area contributed by atoms with E-state index in [0.29, 0.717) is 0 Å². The van der Waals surface area contributed by atoms with Gasteiger partial charge in [0.2, 0.25) is 11.4 Å². The summed E-state index contributed by atoms with van der Waals surface area (Å²) in [5.74, 6) is 0. The maximum absolute atomic E-state index is 12.9. The van der Waals surface area contributed by atoms with E-state index in [9.17, 15) is 5.53 Å². The van der Waals surface area contributed by atoms with Crippen LogP contribution in [0.15, 0.2) is 47.5 Å². The van der Waals surface area contributed by atoms with Gasteiger partial charge in [-0.25, -0.2) is 4.70 Å². The van der Waals surface area contributed by atoms with Gasteiger partial charge in [0.15, 0.2) is 0 Å². The van der Waals surface area contributed by atoms with E-state index in [0.717, 1.165) is 49.9 Å². The number of allylic oxidation sites excluding steroid dienone is 2. The normalized spacial score (nSPS) is 12.6. The zero-order valence-electron chi connectivity index (χ0n) is 62.2. The number of nitrogens with zero attached hydrogens (tertiary/aromatic N) is 2. The molecule has 0 aromatic heterocycles. The van der Waals surface area contributed by atoms with Crippen LogP contribution in [0.3, 0.4) is 0 Å². The van der Waals surface area contributed by atoms with Gasteiger partial charge in [0.1, 0.15) is 0 Å². The van der Waals surface area contributed by atoms with Crippen LogP contribution >= 0.6 is 0 Å². The number of rotatable bonds is 65. The van der Waals surface area contributed by atoms with Crippen LogP contribution in [0.5, 0.6) is 0 Å². The molecule has 3 rings (SSSR count). The average Bonchev–Trinajstić information content (AvgIpc) is 1.61. The minimum Gasteiger partial charge on any atom is -0.0654 e. The molecule has 2 aromatic rings. The Morgan fingerprint density at radius 2 is 0.411 bits per heavy atom. The summed E-state index contributed by atoms with van der Waals surface area (Å²) in [6, 6.07) is 14.9. The quantitative estimate of drug-likeness (QED) is 0.0358. The molecule has 0 N–H and O–H groups in total. The van der Waals surface area contributed by atoms with Crippen molar-refractivity contribution in [2.24, 2.45) is 0 Å². The molecule has 90 heavy (non-hydrogen) atoms. The summed E-state index contributed by atoms with van der Waals surface area (Å²) in [4.78, 5) is 0. The smallest absolute Gasteiger partial charge is 0.0654 e. The molecule has 524 valence electrons. The summed E-state index contributed by atoms with van der Waals surface area (Å²) in [5.41, 5.74) is 26.3. The van der Waals surface area contributed by atoms with E-state index in [2.05, 4.69) is 91.8 Å². The molecule has 0 atom stereocenters. The Hall–Kier alpha value is -1.99. The summed E-state index contributed by atoms with van der Waals surface area (Å²) in [5, 5.41) is 2.87. The van der Waals surface area contributed by atoms with E-state index >= 15 is 0 Å². The van der Waals surface area contributed by atoms with Crippen LogP contribution in [0.2, 0.25) is 10.8 Å². The van der Waals surface area contributed by atoms with Gasteiger partial charge in [0, 0.05) is 22.3 Å². The van der Waals surface area contributed by atoms with Crippen LogP contribution < -0.4 is 0 Å². The molecule has 2 nitrogen and oxygen atoms in total. The van der Waals surface area contributed by atoms with E-state index in [1.165, 1.54) is 408 Å². The van der Waals surface area contributed by atoms with Gasteiger partial charge in [-0.15, -0.1) is 0 Å². The van der Waals surface area contributed by atoms with E-state index in [4.69, 9.17) is 0 Å². The summed E-state index contributed by atoms with van der Waals surface area (Å²) < 4.78 is 1.73. The Balaban J connectivity index is 0.000000798. The summed E-state index contributed by atoms with van der Waals surface area (Å²) in [6.45, 7) is 18.5. The first kappa shape index (κ1) is 84.1. The van der Waals surface area contributed by atoms with Gasteiger partial charge in [0.05, 0.1) is 0 Å². The molecule has 0 bridgehead atoms. The second kappa shape index (κ2) is 63.1. The predicted molar refractivity (Wildman–Crippen MR) is 403 cm³/mol. The number of unbranched alkanes of at least 4 members (excludes halogenated alkanes) is 47. The number of hydrogen-bond donors (Lipinski definition) is 0. The van der Waals surface area contributed by atoms with Crippen molar-refractivity contribution in [2.75, 3.05) is 0 Å². The Bertz CT molecular complexity index is 1960. The van der Waals surface area contributed by atoms with Crippen molar-refractivity contribution in [3.8, 4) is 0 Å². The van der Waals surface area contributed by atoms with Gasteiger partial charge in [-0.3, -0.25) is 0 Å². The van der Waals surface area contributed by atoms with E-state index in [-0.39, 0.29) is 0 Å². The Morgan fingerprint density at radius 3 is 0.656 bits per heavy atom. The molecular weight excluding hydrogens is 1130 g/mol. The van der Waals surface area contributed by atoms with Crippen LogP contribution in [0, 0.1) is 0 Å². The van der Waals surface area contributed by atoms with Gasteiger partial charge >= 0.3 is 166 Å². The standard InChI is InChI=1S/C59H98N2.2C14H29.Ni/c1-7-13-19-23-25-26-27-28-29-30-31-33-37-43-57-56(42-36-32-24-20-14-8-2)58(54-46-50(38-17-11-5)44-52(48-54)40-34-21-15-9-3)61(60)59(57)55-47-51(39-18-12-6)45-53(49-55)41-35-22-16-10-4;2*1-3-5-7-9-11-13-14-12-10-8-6-4-2;/h44-49H,7-43H2,1-6H3;2*1,3-14H2,2H3;. The second-order valence-electron chi connectivity index (χ2n) is 28.6. The van der Waals surface area contributed by atoms with E-state index in [1.807, 2.05) is 14.4 Å². The van der Waals surface area contributed by atoms with E-state index < -0.39 is 0 Å². The second-order valence-corrected chi connectivity index (χ2v) is 30.1. The van der Waals surface area contributed by atoms with Crippen molar-refractivity contribution in [2.45, 2.75) is 458 Å². The summed E-state index contributed by atoms with van der Waals surface area (Å²) in [6.07, 6.45) is 82.6. The van der Waals surface area contributed by atoms with Gasteiger partial charge < -0.3 is 5.53 Å². The Kier molecular flexibility index (Phi) is 59.0. The number of benzene rings is 2. The number of aryl methyl sites for hydroxylation is 4. The van der Waals surface area contributed by atoms with Crippen molar-refractivity contribution in [1.82, 2.24) is 0 Å². The van der Waals surface area contributed by atoms with Gasteiger partial charge in [-0.1, -0.05) is 241 Å². The third-order valence-corrected chi connectivity index (χ3v) is 21.1. The number of hydrogen-bond acceptors (Lipinski definition) is 0. The molecule has 0 amide bonds. The first-order chi connectivity index (χ1) is 44.4. The average molecular weight is 1290 g/mol. The molecule has 1 heterocycles. The molecule has 0 saturated heterocycles. The first-order valence-electron chi connectivity index (χ1n) is 41.1. The Labute approximate surface area is 571 Å². The summed E-state index contributed by atoms with van der Waals surface area (Å²) in [7, 11) is 0. The van der Waals surface area contributed by atoms with Crippen LogP contribution in [0.4, 0.5) is 0 Å². The van der Waals surface area contributed by atoms with Crippen LogP contribution in [-0.4, -0.2) is 4.70 Å². The van der Waals surface area contributed by atoms with Gasteiger partial charge in [-0.2, -0.15) is 0 Å². The van der Waals surface area contributed by atoms with Crippen LogP contribution in [0.1, 0.15) is 455 Å². The molecule has 1 aliphatic rings. The van der Waals surface area contributed by atoms with Crippen molar-refractivity contribution in [1.29, 1.82) is 0 Å². The van der Waals surface area contributed by atoms with Gasteiger partial charge in [0.25, 0.3) is 0 Å². The fourth-order valence-electron chi connectivity index (χ4n) is 13.9. The van der Waals surface area contributed by atoms with Crippen molar-refractivity contribution < 1.29 is 19.1 Å². The van der Waals surface area contributed by atoms with Gasteiger partial charge in [-0.05, 0) is 124 Å². The topological polar surface area (TPSA) is 25.3 Å². The molecular formula is C87H156N2Ni. The first-order valence-corrected chi connectivity index (χ1v) is 42.5. The molecule has 0 fully saturated rings. The molecule has 0 saturated carbocycles. The monoisotopic (exact) mass is 1290 g/mol. The fourth-order valence-corrected chi connectivity index (χ4v) is 15.1. The molecule has 3 heteroatoms. The van der Waals surface area contributed by atoms with Crippen LogP contribution in [0.25, 0.3) is 16.9 Å². The van der Waals surface area contributed by atoms with Crippen molar-refractivity contribution >= 4 is 11.4 Å². The summed E-state index contributed by atoms with van der Waals surface area (Å²) >= 11 is 2.04. The minimum absolute atomic E-state index is 1.06. The zero-order valence-corrected chi connectivity index (χ0v) is 63.2. The minimum atomic E-state index is 1.06. The third-order valence-electron chi connectivity index (χ3n) is 19.8. The van der Waals surface area contributed by atoms with Crippen molar-refractivity contribution in [3.05, 3.63) is 86.5 Å². The molecule has 0 radical (unpaired) electrons. The maximum atomic E-state index is 12.9. The zero-order chi connectivity index (χ0) is 64.8. The molecule has 2 aromatic carbocycles. The fraction of sp³-hybridized carbons (Fsp3) is 0.816. The van der Waals surface area contributed by atoms with Crippen molar-refractivity contribution in [3.63, 3.8) is 0 Å². The predicted octanol–water partition coefficient (Wildman–Crippen LogP) is 31.3. The SMILES string of the molecule is CCCCCCCCCCCCCCCC1=C(c2cc(CCCC)cc(CCCCCC)c2)[N+](=[N-])C(c2cc(CCCC)cc(CCCCCC)c2)=C1CCCCCCCC.CCCCCCCCCCCCC[CH2][Ni][CH2]CCCCCCCCCCCCC. The molecule has 0 unspecified atom stereocenters. The third kappa shape index (κ3) is 43.9. The molecule has 0 spiro atoms. The molecule has 1 aliphatic heterocycles. The Morgan fingerprint density at radius 1 is 0.222 bits per heavy atom.